The van der Waals surface area contributed by atoms with Crippen molar-refractivity contribution in [2.45, 2.75) is 32.8 Å². The highest BCUT2D eigenvalue weighted by Gasteiger charge is 2.28. The van der Waals surface area contributed by atoms with Gasteiger partial charge in [-0.2, -0.15) is 4.31 Å². The molecule has 0 radical (unpaired) electrons. The summed E-state index contributed by atoms with van der Waals surface area (Å²) < 4.78 is 32.8. The van der Waals surface area contributed by atoms with Crippen molar-refractivity contribution in [1.29, 1.82) is 0 Å². The van der Waals surface area contributed by atoms with Crippen LogP contribution in [0.5, 0.6) is 0 Å². The number of anilines is 1. The van der Waals surface area contributed by atoms with E-state index in [4.69, 9.17) is 4.74 Å². The number of nitrogens with one attached hydrogen (secondary N) is 1. The van der Waals surface area contributed by atoms with Crippen LogP contribution in [-0.2, 0) is 19.6 Å². The van der Waals surface area contributed by atoms with Gasteiger partial charge in [-0.3, -0.25) is 4.79 Å². The van der Waals surface area contributed by atoms with Gasteiger partial charge in [0, 0.05) is 24.2 Å². The lowest BCUT2D eigenvalue weighted by Gasteiger charge is -2.23. The number of ether oxygens (including phenoxy) is 1. The number of benzene rings is 2. The lowest BCUT2D eigenvalue weighted by molar-refractivity contribution is -0.116. The average Bonchev–Trinajstić information content (AvgIpc) is 3.23. The highest BCUT2D eigenvalue weighted by molar-refractivity contribution is 7.92. The number of aryl methyl sites for hydroxylation is 1. The number of nitrogens with zero attached hydrogens (tertiary/aromatic N) is 1. The van der Waals surface area contributed by atoms with E-state index in [9.17, 15) is 13.2 Å². The van der Waals surface area contributed by atoms with Crippen molar-refractivity contribution >= 4 is 27.7 Å². The van der Waals surface area contributed by atoms with Gasteiger partial charge in [-0.15, -0.1) is 0 Å². The van der Waals surface area contributed by atoms with Crippen LogP contribution in [0.15, 0.2) is 53.9 Å². The number of rotatable bonds is 8. The molecule has 3 rings (SSSR count). The fraction of sp³-hybridized carbons (Fsp3) is 0.348. The molecule has 1 N–H and O–H groups in total. The van der Waals surface area contributed by atoms with Crippen molar-refractivity contribution in [3.8, 4) is 0 Å². The zero-order valence-electron chi connectivity index (χ0n) is 17.4. The molecule has 0 saturated carbocycles. The number of sulfonamides is 1. The van der Waals surface area contributed by atoms with E-state index in [-0.39, 0.29) is 25.1 Å². The van der Waals surface area contributed by atoms with Crippen LogP contribution in [0.25, 0.3) is 6.08 Å². The van der Waals surface area contributed by atoms with Crippen LogP contribution in [0.2, 0.25) is 0 Å². The maximum absolute atomic E-state index is 13.0. The monoisotopic (exact) mass is 428 g/mol. The predicted octanol–water partition coefficient (Wildman–Crippen LogP) is 3.72. The van der Waals surface area contributed by atoms with Crippen LogP contribution >= 0.6 is 0 Å². The molecule has 1 heterocycles. The SMILES string of the molecule is Cc1cccc(NC(=O)CN(CC2CCCO2)S(=O)(=O)/C=C/c2ccccc2)c1C. The van der Waals surface area contributed by atoms with Crippen LogP contribution < -0.4 is 5.32 Å². The van der Waals surface area contributed by atoms with Gasteiger partial charge in [0.05, 0.1) is 12.6 Å². The Hall–Kier alpha value is -2.48. The second-order valence-corrected chi connectivity index (χ2v) is 9.30. The molecule has 0 bridgehead atoms. The summed E-state index contributed by atoms with van der Waals surface area (Å²) in [7, 11) is -3.80. The van der Waals surface area contributed by atoms with Crippen LogP contribution in [-0.4, -0.2) is 44.4 Å². The highest BCUT2D eigenvalue weighted by atomic mass is 32.2. The zero-order valence-corrected chi connectivity index (χ0v) is 18.2. The van der Waals surface area contributed by atoms with Crippen molar-refractivity contribution in [1.82, 2.24) is 4.31 Å². The molecular weight excluding hydrogens is 400 g/mol. The third-order valence-electron chi connectivity index (χ3n) is 5.22. The largest absolute Gasteiger partial charge is 0.377 e. The highest BCUT2D eigenvalue weighted by Crippen LogP contribution is 2.19. The molecule has 2 aromatic carbocycles. The van der Waals surface area contributed by atoms with Gasteiger partial charge in [-0.05, 0) is 55.5 Å². The van der Waals surface area contributed by atoms with Crippen LogP contribution in [0.4, 0.5) is 5.69 Å². The molecule has 0 spiro atoms. The summed E-state index contributed by atoms with van der Waals surface area (Å²) in [5, 5.41) is 4.00. The Morgan fingerprint density at radius 1 is 1.17 bits per heavy atom. The normalized spacial score (nSPS) is 17.0. The lowest BCUT2D eigenvalue weighted by atomic mass is 10.1. The molecule has 1 amide bonds. The van der Waals surface area contributed by atoms with Gasteiger partial charge in [0.25, 0.3) is 0 Å². The molecule has 0 aliphatic carbocycles. The molecule has 1 unspecified atom stereocenters. The molecule has 30 heavy (non-hydrogen) atoms. The summed E-state index contributed by atoms with van der Waals surface area (Å²) in [6, 6.07) is 14.8. The summed E-state index contributed by atoms with van der Waals surface area (Å²) in [6.45, 7) is 4.39. The summed E-state index contributed by atoms with van der Waals surface area (Å²) in [6.07, 6.45) is 3.03. The van der Waals surface area contributed by atoms with Gasteiger partial charge in [-0.25, -0.2) is 8.42 Å². The molecule has 1 atom stereocenters. The van der Waals surface area contributed by atoms with Crippen molar-refractivity contribution in [2.24, 2.45) is 0 Å². The van der Waals surface area contributed by atoms with Crippen molar-refractivity contribution in [3.05, 3.63) is 70.6 Å². The predicted molar refractivity (Wildman–Crippen MR) is 119 cm³/mol. The van der Waals surface area contributed by atoms with Crippen molar-refractivity contribution in [2.75, 3.05) is 25.0 Å². The maximum Gasteiger partial charge on any atom is 0.239 e. The molecule has 1 fully saturated rings. The molecular formula is C23H28N2O4S. The first-order valence-electron chi connectivity index (χ1n) is 10.1. The summed E-state index contributed by atoms with van der Waals surface area (Å²) in [5.41, 5.74) is 3.48. The Morgan fingerprint density at radius 3 is 2.63 bits per heavy atom. The summed E-state index contributed by atoms with van der Waals surface area (Å²) in [4.78, 5) is 12.7. The standard InChI is InChI=1S/C23H28N2O4S/c1-18-8-6-12-22(19(18)2)24-23(26)17-25(16-21-11-7-14-29-21)30(27,28)15-13-20-9-4-3-5-10-20/h3-6,8-10,12-13,15,21H,7,11,14,16-17H2,1-2H3,(H,24,26)/b15-13+. The first-order chi connectivity index (χ1) is 14.3. The molecule has 1 aliphatic rings. The smallest absolute Gasteiger partial charge is 0.239 e. The number of hydrogen-bond acceptors (Lipinski definition) is 4. The van der Waals surface area contributed by atoms with Gasteiger partial charge in [0.2, 0.25) is 15.9 Å². The van der Waals surface area contributed by atoms with E-state index in [1.54, 1.807) is 6.08 Å². The maximum atomic E-state index is 13.0. The minimum Gasteiger partial charge on any atom is -0.377 e. The third-order valence-corrected chi connectivity index (χ3v) is 6.70. The van der Waals surface area contributed by atoms with Gasteiger partial charge in [0.15, 0.2) is 0 Å². The Labute approximate surface area is 178 Å². The minimum atomic E-state index is -3.80. The van der Waals surface area contributed by atoms with E-state index in [1.807, 2.05) is 62.4 Å². The fourth-order valence-corrected chi connectivity index (χ4v) is 4.50. The van der Waals surface area contributed by atoms with E-state index in [0.29, 0.717) is 12.3 Å². The molecule has 0 aromatic heterocycles. The fourth-order valence-electron chi connectivity index (χ4n) is 3.33. The Morgan fingerprint density at radius 2 is 1.93 bits per heavy atom. The molecule has 1 saturated heterocycles. The third kappa shape index (κ3) is 6.01. The second-order valence-electron chi connectivity index (χ2n) is 7.48. The second kappa shape index (κ2) is 10.0. The van der Waals surface area contributed by atoms with Gasteiger partial charge >= 0.3 is 0 Å². The Kier molecular flexibility index (Phi) is 7.42. The molecule has 7 heteroatoms. The number of carbonyl (C=O) groups excluding carboxylic acids is 1. The average molecular weight is 429 g/mol. The summed E-state index contributed by atoms with van der Waals surface area (Å²) in [5.74, 6) is -0.376. The molecule has 160 valence electrons. The molecule has 6 nitrogen and oxygen atoms in total. The van der Waals surface area contributed by atoms with Crippen LogP contribution in [0.3, 0.4) is 0 Å². The zero-order chi connectivity index (χ0) is 21.6. The molecule has 2 aromatic rings. The number of hydrogen-bond donors (Lipinski definition) is 1. The Balaban J connectivity index is 1.76. The topological polar surface area (TPSA) is 75.7 Å². The van der Waals surface area contributed by atoms with E-state index >= 15 is 0 Å². The lowest BCUT2D eigenvalue weighted by Crippen LogP contribution is -2.41. The number of carbonyl (C=O) groups is 1. The van der Waals surface area contributed by atoms with E-state index < -0.39 is 10.0 Å². The van der Waals surface area contributed by atoms with Crippen LogP contribution in [0.1, 0.15) is 29.5 Å². The van der Waals surface area contributed by atoms with Gasteiger partial charge in [-0.1, -0.05) is 42.5 Å². The van der Waals surface area contributed by atoms with Crippen molar-refractivity contribution < 1.29 is 17.9 Å². The van der Waals surface area contributed by atoms with Gasteiger partial charge < -0.3 is 10.1 Å². The van der Waals surface area contributed by atoms with Gasteiger partial charge in [0.1, 0.15) is 0 Å². The Bertz CT molecular complexity index is 997. The van der Waals surface area contributed by atoms with E-state index in [1.165, 1.54) is 4.31 Å². The minimum absolute atomic E-state index is 0.154. The summed E-state index contributed by atoms with van der Waals surface area (Å²) >= 11 is 0. The quantitative estimate of drug-likeness (QED) is 0.695. The molecule has 1 aliphatic heterocycles. The number of amides is 1. The van der Waals surface area contributed by atoms with Crippen LogP contribution in [0, 0.1) is 13.8 Å². The first-order valence-corrected chi connectivity index (χ1v) is 11.6. The van der Waals surface area contributed by atoms with E-state index in [0.717, 1.165) is 34.9 Å². The first kappa shape index (κ1) is 22.2. The van der Waals surface area contributed by atoms with Crippen molar-refractivity contribution in [3.63, 3.8) is 0 Å². The van der Waals surface area contributed by atoms with E-state index in [2.05, 4.69) is 5.32 Å².